The molecule has 4 rings (SSSR count). The predicted molar refractivity (Wildman–Crippen MR) is 115 cm³/mol. The average molecular weight is 404 g/mol. The zero-order valence-electron chi connectivity index (χ0n) is 16.8. The Labute approximate surface area is 175 Å². The summed E-state index contributed by atoms with van der Waals surface area (Å²) in [6.07, 6.45) is 2.15. The molecule has 30 heavy (non-hydrogen) atoms. The van der Waals surface area contributed by atoms with Crippen LogP contribution in [0.15, 0.2) is 54.6 Å². The first-order valence-corrected chi connectivity index (χ1v) is 9.97. The molecule has 3 aromatic rings. The summed E-state index contributed by atoms with van der Waals surface area (Å²) < 4.78 is 4.74. The zero-order valence-corrected chi connectivity index (χ0v) is 16.8. The van der Waals surface area contributed by atoms with Crippen LogP contribution in [0.2, 0.25) is 0 Å². The maximum absolute atomic E-state index is 11.6. The summed E-state index contributed by atoms with van der Waals surface area (Å²) in [6.45, 7) is 1.88. The first-order valence-electron chi connectivity index (χ1n) is 9.97. The van der Waals surface area contributed by atoms with Gasteiger partial charge in [-0.25, -0.2) is 14.8 Å². The standard InChI is InChI=1S/C23H24N4O3/c1-30-22(29)15-8-10-17(11-9-15)25-23-26-19(16-5-4-12-24-14-16)13-20(27-23)18-6-2-3-7-21(18)28/h2-3,6-11,13,16,24,28H,4-5,12,14H2,1H3,(H,25,26,27). The van der Waals surface area contributed by atoms with Gasteiger partial charge in [0.2, 0.25) is 5.95 Å². The number of hydrogen-bond donors (Lipinski definition) is 3. The Morgan fingerprint density at radius 3 is 2.67 bits per heavy atom. The van der Waals surface area contributed by atoms with Gasteiger partial charge in [0, 0.05) is 23.7 Å². The lowest BCUT2D eigenvalue weighted by molar-refractivity contribution is 0.0601. The highest BCUT2D eigenvalue weighted by molar-refractivity contribution is 5.89. The fourth-order valence-corrected chi connectivity index (χ4v) is 3.60. The largest absolute Gasteiger partial charge is 0.507 e. The zero-order chi connectivity index (χ0) is 20.9. The minimum atomic E-state index is -0.383. The number of methoxy groups -OCH3 is 1. The lowest BCUT2D eigenvalue weighted by Crippen LogP contribution is -2.29. The van der Waals surface area contributed by atoms with E-state index in [4.69, 9.17) is 9.72 Å². The molecule has 0 amide bonds. The molecule has 3 N–H and O–H groups in total. The van der Waals surface area contributed by atoms with Gasteiger partial charge in [0.05, 0.1) is 24.1 Å². The summed E-state index contributed by atoms with van der Waals surface area (Å²) in [5.74, 6) is 0.527. The van der Waals surface area contributed by atoms with Crippen LogP contribution < -0.4 is 10.6 Å². The number of benzene rings is 2. The number of ether oxygens (including phenoxy) is 1. The molecule has 154 valence electrons. The number of rotatable bonds is 5. The molecular formula is C23H24N4O3. The maximum Gasteiger partial charge on any atom is 0.337 e. The molecule has 7 heteroatoms. The van der Waals surface area contributed by atoms with Crippen molar-refractivity contribution in [3.63, 3.8) is 0 Å². The summed E-state index contributed by atoms with van der Waals surface area (Å²) in [5.41, 5.74) is 3.49. The van der Waals surface area contributed by atoms with E-state index >= 15 is 0 Å². The Balaban J connectivity index is 1.68. The molecule has 7 nitrogen and oxygen atoms in total. The van der Waals surface area contributed by atoms with Crippen molar-refractivity contribution in [2.45, 2.75) is 18.8 Å². The van der Waals surface area contributed by atoms with Gasteiger partial charge in [-0.3, -0.25) is 0 Å². The van der Waals surface area contributed by atoms with Gasteiger partial charge in [-0.15, -0.1) is 0 Å². The van der Waals surface area contributed by atoms with Crippen molar-refractivity contribution in [2.75, 3.05) is 25.5 Å². The van der Waals surface area contributed by atoms with Crippen molar-refractivity contribution in [1.82, 2.24) is 15.3 Å². The molecule has 0 spiro atoms. The number of aromatic nitrogens is 2. The summed E-state index contributed by atoms with van der Waals surface area (Å²) >= 11 is 0. The highest BCUT2D eigenvalue weighted by Gasteiger charge is 2.20. The van der Waals surface area contributed by atoms with Crippen LogP contribution in [0.4, 0.5) is 11.6 Å². The van der Waals surface area contributed by atoms with Crippen LogP contribution in [0.3, 0.4) is 0 Å². The third-order valence-electron chi connectivity index (χ3n) is 5.20. The molecule has 0 aliphatic carbocycles. The predicted octanol–water partition coefficient (Wildman–Crippen LogP) is 3.85. The monoisotopic (exact) mass is 404 g/mol. The molecule has 2 heterocycles. The van der Waals surface area contributed by atoms with Gasteiger partial charge >= 0.3 is 5.97 Å². The smallest absolute Gasteiger partial charge is 0.337 e. The van der Waals surface area contributed by atoms with E-state index in [1.165, 1.54) is 7.11 Å². The molecule has 2 aromatic carbocycles. The molecule has 1 saturated heterocycles. The van der Waals surface area contributed by atoms with E-state index in [0.717, 1.165) is 37.3 Å². The number of aromatic hydroxyl groups is 1. The van der Waals surface area contributed by atoms with Crippen LogP contribution in [0.1, 0.15) is 34.8 Å². The number of phenolic OH excluding ortho intramolecular Hbond substituents is 1. The normalized spacial score (nSPS) is 16.1. The van der Waals surface area contributed by atoms with Crippen molar-refractivity contribution < 1.29 is 14.6 Å². The molecule has 1 aromatic heterocycles. The van der Waals surface area contributed by atoms with E-state index in [9.17, 15) is 9.90 Å². The van der Waals surface area contributed by atoms with Gasteiger partial charge in [-0.1, -0.05) is 12.1 Å². The fraction of sp³-hybridized carbons (Fsp3) is 0.261. The molecule has 1 unspecified atom stereocenters. The van der Waals surface area contributed by atoms with E-state index in [0.29, 0.717) is 22.8 Å². The van der Waals surface area contributed by atoms with E-state index in [1.807, 2.05) is 18.2 Å². The molecule has 1 aliphatic rings. The molecule has 1 atom stereocenters. The second-order valence-corrected chi connectivity index (χ2v) is 7.26. The van der Waals surface area contributed by atoms with Crippen LogP contribution in [0, 0.1) is 0 Å². The third kappa shape index (κ3) is 4.41. The van der Waals surface area contributed by atoms with E-state index in [1.54, 1.807) is 36.4 Å². The number of nitrogens with zero attached hydrogens (tertiary/aromatic N) is 2. The fourth-order valence-electron chi connectivity index (χ4n) is 3.60. The van der Waals surface area contributed by atoms with Crippen molar-refractivity contribution in [3.05, 3.63) is 65.9 Å². The lowest BCUT2D eigenvalue weighted by Gasteiger charge is -2.23. The first kappa shape index (κ1) is 19.8. The molecule has 1 fully saturated rings. The Bertz CT molecular complexity index is 1030. The highest BCUT2D eigenvalue weighted by Crippen LogP contribution is 2.31. The van der Waals surface area contributed by atoms with Crippen LogP contribution >= 0.6 is 0 Å². The van der Waals surface area contributed by atoms with E-state index < -0.39 is 0 Å². The topological polar surface area (TPSA) is 96.4 Å². The quantitative estimate of drug-likeness (QED) is 0.556. The second-order valence-electron chi connectivity index (χ2n) is 7.26. The first-order chi connectivity index (χ1) is 14.6. The number of nitrogens with one attached hydrogen (secondary N) is 2. The van der Waals surface area contributed by atoms with E-state index in [-0.39, 0.29) is 17.6 Å². The minimum absolute atomic E-state index is 0.178. The van der Waals surface area contributed by atoms with Crippen molar-refractivity contribution >= 4 is 17.6 Å². The number of para-hydroxylation sites is 1. The van der Waals surface area contributed by atoms with Gasteiger partial charge in [-0.05, 0) is 61.9 Å². The second kappa shape index (κ2) is 8.92. The van der Waals surface area contributed by atoms with Crippen LogP contribution in [-0.4, -0.2) is 41.2 Å². The molecule has 0 radical (unpaired) electrons. The number of phenols is 1. The number of hydrogen-bond acceptors (Lipinski definition) is 7. The Hall–Kier alpha value is -3.45. The van der Waals surface area contributed by atoms with Crippen molar-refractivity contribution in [1.29, 1.82) is 0 Å². The molecule has 0 saturated carbocycles. The molecule has 1 aliphatic heterocycles. The number of carbonyl (C=O) groups is 1. The summed E-state index contributed by atoms with van der Waals surface area (Å²) in [6, 6.07) is 16.0. The van der Waals surface area contributed by atoms with Gasteiger partial charge < -0.3 is 20.5 Å². The van der Waals surface area contributed by atoms with Crippen LogP contribution in [-0.2, 0) is 4.74 Å². The Morgan fingerprint density at radius 2 is 1.97 bits per heavy atom. The summed E-state index contributed by atoms with van der Waals surface area (Å²) in [4.78, 5) is 21.0. The molecular weight excluding hydrogens is 380 g/mol. The maximum atomic E-state index is 11.6. The van der Waals surface area contributed by atoms with Crippen LogP contribution in [0.5, 0.6) is 5.75 Å². The van der Waals surface area contributed by atoms with Crippen LogP contribution in [0.25, 0.3) is 11.3 Å². The van der Waals surface area contributed by atoms with Gasteiger partial charge in [0.25, 0.3) is 0 Å². The average Bonchev–Trinajstić information content (AvgIpc) is 2.80. The number of esters is 1. The third-order valence-corrected chi connectivity index (χ3v) is 5.20. The Morgan fingerprint density at radius 1 is 1.17 bits per heavy atom. The molecule has 0 bridgehead atoms. The van der Waals surface area contributed by atoms with Crippen molar-refractivity contribution in [2.24, 2.45) is 0 Å². The number of piperidine rings is 1. The van der Waals surface area contributed by atoms with E-state index in [2.05, 4.69) is 15.6 Å². The highest BCUT2D eigenvalue weighted by atomic mass is 16.5. The summed E-state index contributed by atoms with van der Waals surface area (Å²) in [7, 11) is 1.36. The Kier molecular flexibility index (Phi) is 5.90. The van der Waals surface area contributed by atoms with Gasteiger partial charge in [0.1, 0.15) is 5.75 Å². The number of anilines is 2. The number of carbonyl (C=O) groups excluding carboxylic acids is 1. The lowest BCUT2D eigenvalue weighted by atomic mass is 9.95. The summed E-state index contributed by atoms with van der Waals surface area (Å²) in [5, 5.41) is 17.0. The minimum Gasteiger partial charge on any atom is -0.507 e. The van der Waals surface area contributed by atoms with Gasteiger partial charge in [-0.2, -0.15) is 0 Å². The SMILES string of the molecule is COC(=O)c1ccc(Nc2nc(-c3ccccc3O)cc(C3CCCNC3)n2)cc1. The van der Waals surface area contributed by atoms with Crippen molar-refractivity contribution in [3.8, 4) is 17.0 Å². The van der Waals surface area contributed by atoms with Gasteiger partial charge in [0.15, 0.2) is 0 Å².